The number of hydrogen-bond donors (Lipinski definition) is 3. The molecule has 5 heteroatoms. The average Bonchev–Trinajstić information content (AvgIpc) is 3.16. The van der Waals surface area contributed by atoms with Crippen LogP contribution in [-0.2, 0) is 0 Å². The molecule has 1 aliphatic rings. The molecule has 1 saturated carbocycles. The third-order valence-corrected chi connectivity index (χ3v) is 3.75. The summed E-state index contributed by atoms with van der Waals surface area (Å²) in [6.07, 6.45) is 1.17. The van der Waals surface area contributed by atoms with E-state index in [1.54, 1.807) is 18.2 Å². The van der Waals surface area contributed by atoms with E-state index in [0.29, 0.717) is 34.6 Å². The van der Waals surface area contributed by atoms with Crippen molar-refractivity contribution in [3.05, 3.63) is 33.8 Å². The van der Waals surface area contributed by atoms with E-state index in [1.807, 2.05) is 0 Å². The molecular weight excluding hydrogens is 273 g/mol. The molecule has 18 heavy (non-hydrogen) atoms. The Kier molecular flexibility index (Phi) is 4.87. The van der Waals surface area contributed by atoms with E-state index in [1.165, 1.54) is 0 Å². The van der Waals surface area contributed by atoms with Crippen LogP contribution in [0.5, 0.6) is 0 Å². The first-order chi connectivity index (χ1) is 8.58. The fourth-order valence-electron chi connectivity index (χ4n) is 1.90. The quantitative estimate of drug-likeness (QED) is 0.754. The van der Waals surface area contributed by atoms with Gasteiger partial charge in [-0.1, -0.05) is 23.2 Å². The fraction of sp³-hybridized carbons (Fsp3) is 0.538. The van der Waals surface area contributed by atoms with Crippen LogP contribution in [0.3, 0.4) is 0 Å². The molecule has 0 aliphatic heterocycles. The molecule has 1 aromatic carbocycles. The minimum Gasteiger partial charge on any atom is -0.392 e. The van der Waals surface area contributed by atoms with Gasteiger partial charge in [0, 0.05) is 28.7 Å². The Balaban J connectivity index is 1.82. The van der Waals surface area contributed by atoms with Gasteiger partial charge in [0.25, 0.3) is 0 Å². The monoisotopic (exact) mass is 289 g/mol. The molecule has 2 unspecified atom stereocenters. The van der Waals surface area contributed by atoms with Crippen LogP contribution in [0, 0.1) is 5.92 Å². The van der Waals surface area contributed by atoms with Crippen LogP contribution in [0.15, 0.2) is 18.2 Å². The highest BCUT2D eigenvalue weighted by atomic mass is 35.5. The number of aliphatic hydroxyl groups is 2. The Morgan fingerprint density at radius 2 is 1.94 bits per heavy atom. The highest BCUT2D eigenvalue weighted by molar-refractivity contribution is 6.33. The number of hydrogen-bond acceptors (Lipinski definition) is 3. The van der Waals surface area contributed by atoms with Crippen LogP contribution < -0.4 is 5.32 Å². The van der Waals surface area contributed by atoms with Gasteiger partial charge in [0.05, 0.1) is 12.2 Å². The second kappa shape index (κ2) is 6.22. The second-order valence-corrected chi connectivity index (χ2v) is 5.59. The van der Waals surface area contributed by atoms with Gasteiger partial charge >= 0.3 is 0 Å². The number of benzene rings is 1. The summed E-state index contributed by atoms with van der Waals surface area (Å²) in [5, 5.41) is 23.8. The molecule has 0 saturated heterocycles. The second-order valence-electron chi connectivity index (χ2n) is 4.74. The van der Waals surface area contributed by atoms with Gasteiger partial charge in [-0.3, -0.25) is 0 Å². The Hall–Kier alpha value is -0.320. The van der Waals surface area contributed by atoms with Crippen LogP contribution in [0.4, 0.5) is 0 Å². The smallest absolute Gasteiger partial charge is 0.0929 e. The van der Waals surface area contributed by atoms with E-state index in [-0.39, 0.29) is 6.10 Å². The van der Waals surface area contributed by atoms with Crippen molar-refractivity contribution in [2.24, 2.45) is 5.92 Å². The topological polar surface area (TPSA) is 52.5 Å². The molecule has 2 atom stereocenters. The van der Waals surface area contributed by atoms with Gasteiger partial charge in [-0.15, -0.1) is 0 Å². The number of halogens is 2. The first kappa shape index (κ1) is 14.1. The van der Waals surface area contributed by atoms with Crippen LogP contribution >= 0.6 is 23.2 Å². The van der Waals surface area contributed by atoms with Gasteiger partial charge < -0.3 is 15.5 Å². The summed E-state index contributed by atoms with van der Waals surface area (Å²) in [6.45, 7) is 0.851. The largest absolute Gasteiger partial charge is 0.392 e. The summed E-state index contributed by atoms with van der Waals surface area (Å²) < 4.78 is 0. The average molecular weight is 290 g/mol. The summed E-state index contributed by atoms with van der Waals surface area (Å²) in [5.41, 5.74) is 0.609. The molecule has 3 nitrogen and oxygen atoms in total. The van der Waals surface area contributed by atoms with Crippen molar-refractivity contribution in [3.63, 3.8) is 0 Å². The van der Waals surface area contributed by atoms with Crippen molar-refractivity contribution in [2.75, 3.05) is 13.1 Å². The van der Waals surface area contributed by atoms with Gasteiger partial charge in [-0.05, 0) is 37.0 Å². The van der Waals surface area contributed by atoms with Crippen LogP contribution in [-0.4, -0.2) is 29.4 Å². The molecule has 0 spiro atoms. The molecule has 0 bridgehead atoms. The molecule has 1 fully saturated rings. The number of rotatable bonds is 6. The summed E-state index contributed by atoms with van der Waals surface area (Å²) in [5.74, 6) is 0.435. The van der Waals surface area contributed by atoms with Gasteiger partial charge in [0.1, 0.15) is 0 Å². The third-order valence-electron chi connectivity index (χ3n) is 3.17. The zero-order valence-electron chi connectivity index (χ0n) is 9.94. The van der Waals surface area contributed by atoms with Crippen LogP contribution in [0.1, 0.15) is 24.5 Å². The van der Waals surface area contributed by atoms with Crippen molar-refractivity contribution >= 4 is 23.2 Å². The molecular formula is C13H17Cl2NO2. The van der Waals surface area contributed by atoms with E-state index >= 15 is 0 Å². The van der Waals surface area contributed by atoms with Crippen molar-refractivity contribution in [1.82, 2.24) is 5.32 Å². The predicted molar refractivity (Wildman–Crippen MR) is 73.0 cm³/mol. The lowest BCUT2D eigenvalue weighted by Crippen LogP contribution is -2.31. The Morgan fingerprint density at radius 3 is 2.61 bits per heavy atom. The maximum atomic E-state index is 10.0. The summed E-state index contributed by atoms with van der Waals surface area (Å²) in [4.78, 5) is 0. The SMILES string of the molecule is OC(CNCC(O)C1CC1)c1cc(Cl)ccc1Cl. The fourth-order valence-corrected chi connectivity index (χ4v) is 2.32. The zero-order valence-corrected chi connectivity index (χ0v) is 11.5. The lowest BCUT2D eigenvalue weighted by atomic mass is 10.1. The van der Waals surface area contributed by atoms with E-state index in [9.17, 15) is 10.2 Å². The molecule has 0 heterocycles. The number of aliphatic hydroxyl groups excluding tert-OH is 2. The summed E-state index contributed by atoms with van der Waals surface area (Å²) in [7, 11) is 0. The maximum absolute atomic E-state index is 10.0. The van der Waals surface area contributed by atoms with E-state index in [0.717, 1.165) is 12.8 Å². The van der Waals surface area contributed by atoms with E-state index in [4.69, 9.17) is 23.2 Å². The van der Waals surface area contributed by atoms with Gasteiger partial charge in [0.2, 0.25) is 0 Å². The third kappa shape index (κ3) is 3.84. The zero-order chi connectivity index (χ0) is 13.1. The van der Waals surface area contributed by atoms with Gasteiger partial charge in [-0.25, -0.2) is 0 Å². The predicted octanol–water partition coefficient (Wildman–Crippen LogP) is 2.39. The van der Waals surface area contributed by atoms with E-state index in [2.05, 4.69) is 5.32 Å². The molecule has 0 radical (unpaired) electrons. The van der Waals surface area contributed by atoms with Crippen molar-refractivity contribution in [3.8, 4) is 0 Å². The molecule has 0 amide bonds. The summed E-state index contributed by atoms with van der Waals surface area (Å²) >= 11 is 11.9. The van der Waals surface area contributed by atoms with Crippen molar-refractivity contribution in [1.29, 1.82) is 0 Å². The van der Waals surface area contributed by atoms with Crippen molar-refractivity contribution in [2.45, 2.75) is 25.0 Å². The van der Waals surface area contributed by atoms with Crippen molar-refractivity contribution < 1.29 is 10.2 Å². The Morgan fingerprint density at radius 1 is 1.22 bits per heavy atom. The Labute approximate surface area is 117 Å². The van der Waals surface area contributed by atoms with E-state index < -0.39 is 6.10 Å². The minimum atomic E-state index is -0.720. The van der Waals surface area contributed by atoms with Crippen LogP contribution in [0.25, 0.3) is 0 Å². The van der Waals surface area contributed by atoms with Crippen LogP contribution in [0.2, 0.25) is 10.0 Å². The number of nitrogens with one attached hydrogen (secondary N) is 1. The highest BCUT2D eigenvalue weighted by Crippen LogP contribution is 2.32. The molecule has 1 aliphatic carbocycles. The molecule has 2 rings (SSSR count). The molecule has 1 aromatic rings. The minimum absolute atomic E-state index is 0.313. The molecule has 3 N–H and O–H groups in total. The normalized spacial score (nSPS) is 18.7. The lowest BCUT2D eigenvalue weighted by molar-refractivity contribution is 0.132. The maximum Gasteiger partial charge on any atom is 0.0929 e. The Bertz CT molecular complexity index is 410. The van der Waals surface area contributed by atoms with Gasteiger partial charge in [0.15, 0.2) is 0 Å². The standard InChI is InChI=1S/C13H17Cl2NO2/c14-9-3-4-11(15)10(5-9)13(18)7-16-6-12(17)8-1-2-8/h3-5,8,12-13,16-18H,1-2,6-7H2. The van der Waals surface area contributed by atoms with Gasteiger partial charge in [-0.2, -0.15) is 0 Å². The summed E-state index contributed by atoms with van der Waals surface area (Å²) in [6, 6.07) is 5.01. The molecule has 0 aromatic heterocycles. The molecule has 100 valence electrons. The lowest BCUT2D eigenvalue weighted by Gasteiger charge is -2.16. The first-order valence-corrected chi connectivity index (χ1v) is 6.85. The highest BCUT2D eigenvalue weighted by Gasteiger charge is 2.29. The first-order valence-electron chi connectivity index (χ1n) is 6.09.